The number of ether oxygens (including phenoxy) is 1. The first kappa shape index (κ1) is 17.3. The van der Waals surface area contributed by atoms with Crippen molar-refractivity contribution in [1.29, 1.82) is 0 Å². The van der Waals surface area contributed by atoms with E-state index < -0.39 is 5.60 Å². The van der Waals surface area contributed by atoms with E-state index in [-0.39, 0.29) is 6.09 Å². The van der Waals surface area contributed by atoms with E-state index in [0.717, 1.165) is 32.5 Å². The summed E-state index contributed by atoms with van der Waals surface area (Å²) in [5, 5.41) is 3.66. The molecule has 0 spiro atoms. The number of piperidine rings is 1. The molecular weight excluding hydrogens is 300 g/mol. The molecule has 3 atom stereocenters. The van der Waals surface area contributed by atoms with Crippen molar-refractivity contribution < 1.29 is 9.53 Å². The zero-order chi connectivity index (χ0) is 17.3. The normalized spacial score (nSPS) is 27.0. The van der Waals surface area contributed by atoms with Gasteiger partial charge in [0.05, 0.1) is 0 Å². The molecule has 0 saturated carbocycles. The van der Waals surface area contributed by atoms with Crippen LogP contribution in [0.15, 0.2) is 24.3 Å². The predicted molar refractivity (Wildman–Crippen MR) is 96.3 cm³/mol. The summed E-state index contributed by atoms with van der Waals surface area (Å²) in [6, 6.07) is 9.51. The highest BCUT2D eigenvalue weighted by atomic mass is 16.6. The zero-order valence-electron chi connectivity index (χ0n) is 15.3. The third-order valence-electron chi connectivity index (χ3n) is 5.24. The molecule has 0 unspecified atom stereocenters. The predicted octanol–water partition coefficient (Wildman–Crippen LogP) is 3.56. The van der Waals surface area contributed by atoms with Gasteiger partial charge in [-0.25, -0.2) is 4.79 Å². The fourth-order valence-electron chi connectivity index (χ4n) is 3.93. The maximum atomic E-state index is 12.4. The summed E-state index contributed by atoms with van der Waals surface area (Å²) in [5.41, 5.74) is 2.33. The molecule has 2 heterocycles. The Morgan fingerprint density at radius 2 is 2.00 bits per heavy atom. The summed E-state index contributed by atoms with van der Waals surface area (Å²) in [6.45, 7) is 10.5. The van der Waals surface area contributed by atoms with Crippen LogP contribution in [0.1, 0.15) is 51.2 Å². The molecule has 132 valence electrons. The monoisotopic (exact) mass is 330 g/mol. The molecule has 4 nitrogen and oxygen atoms in total. The van der Waals surface area contributed by atoms with Crippen molar-refractivity contribution >= 4 is 6.09 Å². The van der Waals surface area contributed by atoms with Crippen molar-refractivity contribution in [3.8, 4) is 0 Å². The quantitative estimate of drug-likeness (QED) is 0.901. The number of aryl methyl sites for hydroxylation is 1. The highest BCUT2D eigenvalue weighted by molar-refractivity contribution is 5.68. The molecule has 0 aliphatic carbocycles. The molecule has 1 amide bonds. The van der Waals surface area contributed by atoms with E-state index in [2.05, 4.69) is 36.5 Å². The van der Waals surface area contributed by atoms with E-state index in [9.17, 15) is 4.79 Å². The van der Waals surface area contributed by atoms with Crippen molar-refractivity contribution in [3.63, 3.8) is 0 Å². The van der Waals surface area contributed by atoms with Crippen LogP contribution in [0.2, 0.25) is 0 Å². The van der Waals surface area contributed by atoms with Crippen LogP contribution in [0.25, 0.3) is 0 Å². The van der Waals surface area contributed by atoms with Crippen LogP contribution in [0.4, 0.5) is 4.79 Å². The first-order valence-corrected chi connectivity index (χ1v) is 9.17. The van der Waals surface area contributed by atoms with Crippen molar-refractivity contribution in [2.24, 2.45) is 5.92 Å². The van der Waals surface area contributed by atoms with Gasteiger partial charge in [0, 0.05) is 37.5 Å². The number of nitrogens with zero attached hydrogens (tertiary/aromatic N) is 1. The van der Waals surface area contributed by atoms with Gasteiger partial charge in [-0.2, -0.15) is 0 Å². The molecular formula is C20H30N2O2. The van der Waals surface area contributed by atoms with Crippen LogP contribution >= 0.6 is 0 Å². The van der Waals surface area contributed by atoms with Crippen LogP contribution < -0.4 is 5.32 Å². The number of likely N-dealkylation sites (tertiary alicyclic amines) is 1. The maximum Gasteiger partial charge on any atom is 0.410 e. The molecule has 2 aliphatic heterocycles. The molecule has 1 aromatic rings. The molecule has 1 aromatic carbocycles. The molecule has 24 heavy (non-hydrogen) atoms. The molecule has 4 heteroatoms. The molecule has 1 N–H and O–H groups in total. The number of hydrogen-bond donors (Lipinski definition) is 1. The number of fused-ring (bicyclic) bond motifs is 1. The van der Waals surface area contributed by atoms with Crippen molar-refractivity contribution in [2.45, 2.75) is 58.1 Å². The zero-order valence-corrected chi connectivity index (χ0v) is 15.3. The van der Waals surface area contributed by atoms with Crippen LogP contribution in [0.5, 0.6) is 0 Å². The smallest absolute Gasteiger partial charge is 0.410 e. The second kappa shape index (κ2) is 6.75. The van der Waals surface area contributed by atoms with Crippen LogP contribution in [0.3, 0.4) is 0 Å². The number of carbonyl (C=O) groups excluding carboxylic acids is 1. The molecule has 3 rings (SSSR count). The summed E-state index contributed by atoms with van der Waals surface area (Å²) < 4.78 is 5.56. The van der Waals surface area contributed by atoms with Gasteiger partial charge in [0.15, 0.2) is 0 Å². The Kier molecular flexibility index (Phi) is 4.86. The van der Waals surface area contributed by atoms with Gasteiger partial charge in [0.1, 0.15) is 5.60 Å². The fraction of sp³-hybridized carbons (Fsp3) is 0.650. The van der Waals surface area contributed by atoms with Gasteiger partial charge in [-0.1, -0.05) is 31.2 Å². The van der Waals surface area contributed by atoms with Crippen molar-refractivity contribution in [1.82, 2.24) is 10.2 Å². The molecule has 0 aromatic heterocycles. The Balaban J connectivity index is 1.70. The van der Waals surface area contributed by atoms with Crippen LogP contribution in [-0.4, -0.2) is 42.3 Å². The van der Waals surface area contributed by atoms with Gasteiger partial charge in [0.25, 0.3) is 0 Å². The maximum absolute atomic E-state index is 12.4. The van der Waals surface area contributed by atoms with E-state index in [1.165, 1.54) is 11.1 Å². The van der Waals surface area contributed by atoms with Gasteiger partial charge < -0.3 is 15.0 Å². The van der Waals surface area contributed by atoms with Gasteiger partial charge >= 0.3 is 6.09 Å². The Morgan fingerprint density at radius 1 is 1.29 bits per heavy atom. The number of hydrogen-bond acceptors (Lipinski definition) is 3. The van der Waals surface area contributed by atoms with Gasteiger partial charge in [-0.3, -0.25) is 0 Å². The number of carbonyl (C=O) groups is 1. The lowest BCUT2D eigenvalue weighted by Crippen LogP contribution is -2.49. The second-order valence-corrected chi connectivity index (χ2v) is 8.10. The minimum absolute atomic E-state index is 0.173. The van der Waals surface area contributed by atoms with E-state index in [0.29, 0.717) is 17.9 Å². The summed E-state index contributed by atoms with van der Waals surface area (Å²) in [4.78, 5) is 14.3. The minimum Gasteiger partial charge on any atom is -0.444 e. The lowest BCUT2D eigenvalue weighted by atomic mass is 9.82. The van der Waals surface area contributed by atoms with Gasteiger partial charge in [-0.05, 0) is 44.7 Å². The SMILES string of the molecule is CCc1ccc([C@H]2CN[C@@H]3CCN(C(=O)OC(C)(C)C)C[C@H]23)cc1. The molecule has 0 bridgehead atoms. The van der Waals surface area contributed by atoms with E-state index >= 15 is 0 Å². The van der Waals surface area contributed by atoms with Crippen molar-refractivity contribution in [2.75, 3.05) is 19.6 Å². The first-order chi connectivity index (χ1) is 11.4. The lowest BCUT2D eigenvalue weighted by Gasteiger charge is -2.37. The second-order valence-electron chi connectivity index (χ2n) is 8.10. The third-order valence-corrected chi connectivity index (χ3v) is 5.24. The summed E-state index contributed by atoms with van der Waals surface area (Å²) in [5.74, 6) is 0.949. The standard InChI is InChI=1S/C20H30N2O2/c1-5-14-6-8-15(9-7-14)16-12-21-18-10-11-22(13-17(16)18)19(23)24-20(2,3)4/h6-9,16-18,21H,5,10-13H2,1-4H3/t16-,17-,18-/m1/s1. The Morgan fingerprint density at radius 3 is 2.62 bits per heavy atom. The minimum atomic E-state index is -0.433. The summed E-state index contributed by atoms with van der Waals surface area (Å²) in [6.07, 6.45) is 1.91. The fourth-order valence-corrected chi connectivity index (χ4v) is 3.93. The largest absolute Gasteiger partial charge is 0.444 e. The Hall–Kier alpha value is -1.55. The van der Waals surface area contributed by atoms with Gasteiger partial charge in [0.2, 0.25) is 0 Å². The third kappa shape index (κ3) is 3.75. The Labute approximate surface area is 145 Å². The lowest BCUT2D eigenvalue weighted by molar-refractivity contribution is 0.0149. The highest BCUT2D eigenvalue weighted by Gasteiger charge is 2.42. The summed E-state index contributed by atoms with van der Waals surface area (Å²) in [7, 11) is 0. The number of nitrogens with one attached hydrogen (secondary N) is 1. The number of benzene rings is 1. The molecule has 2 aliphatic rings. The number of rotatable bonds is 2. The number of amides is 1. The highest BCUT2D eigenvalue weighted by Crippen LogP contribution is 2.36. The van der Waals surface area contributed by atoms with Crippen molar-refractivity contribution in [3.05, 3.63) is 35.4 Å². The first-order valence-electron chi connectivity index (χ1n) is 9.17. The van der Waals surface area contributed by atoms with E-state index in [4.69, 9.17) is 4.74 Å². The van der Waals surface area contributed by atoms with E-state index in [1.807, 2.05) is 25.7 Å². The Bertz CT molecular complexity index is 576. The van der Waals surface area contributed by atoms with Crippen LogP contribution in [0, 0.1) is 5.92 Å². The average molecular weight is 330 g/mol. The van der Waals surface area contributed by atoms with Crippen LogP contribution in [-0.2, 0) is 11.2 Å². The van der Waals surface area contributed by atoms with E-state index in [1.54, 1.807) is 0 Å². The van der Waals surface area contributed by atoms with Gasteiger partial charge in [-0.15, -0.1) is 0 Å². The topological polar surface area (TPSA) is 41.6 Å². The molecule has 0 radical (unpaired) electrons. The molecule has 2 fully saturated rings. The summed E-state index contributed by atoms with van der Waals surface area (Å²) >= 11 is 0. The average Bonchev–Trinajstić information content (AvgIpc) is 2.96. The molecule has 2 saturated heterocycles.